The molecule has 0 saturated heterocycles. The van der Waals surface area contributed by atoms with Crippen LogP contribution in [0.25, 0.3) is 0 Å². The van der Waals surface area contributed by atoms with Gasteiger partial charge in [-0.05, 0) is 12.8 Å². The minimum Gasteiger partial charge on any atom is -0.338 e. The summed E-state index contributed by atoms with van der Waals surface area (Å²) in [6.45, 7) is 7.06. The lowest BCUT2D eigenvalue weighted by atomic mass is 10.2. The molecular weight excluding hydrogens is 236 g/mol. The van der Waals surface area contributed by atoms with Gasteiger partial charge in [0, 0.05) is 17.6 Å². The Balaban J connectivity index is 1.94. The molecule has 0 aliphatic carbocycles. The summed E-state index contributed by atoms with van der Waals surface area (Å²) in [6, 6.07) is 0.488. The molecule has 0 fully saturated rings. The zero-order valence-corrected chi connectivity index (χ0v) is 11.0. The second-order valence-corrected chi connectivity index (χ2v) is 5.29. The molecule has 6 heteroatoms. The van der Waals surface area contributed by atoms with E-state index in [0.29, 0.717) is 24.2 Å². The van der Waals surface area contributed by atoms with E-state index in [4.69, 9.17) is 4.52 Å². The maximum atomic E-state index is 5.10. The van der Waals surface area contributed by atoms with Crippen molar-refractivity contribution in [3.63, 3.8) is 0 Å². The maximum absolute atomic E-state index is 5.10. The zero-order chi connectivity index (χ0) is 12.3. The molecule has 0 atom stereocenters. The van der Waals surface area contributed by atoms with Gasteiger partial charge in [0.25, 0.3) is 0 Å². The summed E-state index contributed by atoms with van der Waals surface area (Å²) in [4.78, 5) is 8.63. The van der Waals surface area contributed by atoms with Crippen LogP contribution in [0.1, 0.15) is 30.4 Å². The van der Waals surface area contributed by atoms with Crippen LogP contribution in [-0.2, 0) is 6.42 Å². The molecule has 0 radical (unpaired) electrons. The summed E-state index contributed by atoms with van der Waals surface area (Å²) >= 11 is 1.62. The Labute approximate surface area is 104 Å². The highest BCUT2D eigenvalue weighted by atomic mass is 32.1. The summed E-state index contributed by atoms with van der Waals surface area (Å²) in [5.74, 6) is 1.22. The van der Waals surface area contributed by atoms with Crippen LogP contribution in [0, 0.1) is 12.8 Å². The van der Waals surface area contributed by atoms with Gasteiger partial charge in [-0.1, -0.05) is 19.0 Å². The molecule has 92 valence electrons. The van der Waals surface area contributed by atoms with E-state index in [2.05, 4.69) is 34.3 Å². The first kappa shape index (κ1) is 12.0. The van der Waals surface area contributed by atoms with Gasteiger partial charge in [-0.15, -0.1) is 11.3 Å². The van der Waals surface area contributed by atoms with Gasteiger partial charge in [-0.25, -0.2) is 4.98 Å². The topological polar surface area (TPSA) is 63.8 Å². The van der Waals surface area contributed by atoms with Gasteiger partial charge >= 0.3 is 6.01 Å². The van der Waals surface area contributed by atoms with Crippen molar-refractivity contribution in [2.45, 2.75) is 27.2 Å². The molecule has 17 heavy (non-hydrogen) atoms. The molecule has 0 spiro atoms. The van der Waals surface area contributed by atoms with E-state index in [-0.39, 0.29) is 0 Å². The van der Waals surface area contributed by atoms with E-state index in [1.807, 2.05) is 12.3 Å². The lowest BCUT2D eigenvalue weighted by Crippen LogP contribution is -2.08. The monoisotopic (exact) mass is 252 g/mol. The summed E-state index contributed by atoms with van der Waals surface area (Å²) < 4.78 is 5.10. The molecule has 0 amide bonds. The van der Waals surface area contributed by atoms with Crippen molar-refractivity contribution in [2.24, 2.45) is 5.92 Å². The second-order valence-electron chi connectivity index (χ2n) is 4.35. The van der Waals surface area contributed by atoms with E-state index < -0.39 is 0 Å². The zero-order valence-electron chi connectivity index (χ0n) is 10.2. The first-order valence-corrected chi connectivity index (χ1v) is 6.49. The smallest absolute Gasteiger partial charge is 0.321 e. The Morgan fingerprint density at radius 2 is 2.24 bits per heavy atom. The molecule has 1 N–H and O–H groups in total. The average Bonchev–Trinajstić information content (AvgIpc) is 2.86. The van der Waals surface area contributed by atoms with E-state index in [1.54, 1.807) is 11.3 Å². The number of nitrogens with one attached hydrogen (secondary N) is 1. The van der Waals surface area contributed by atoms with Gasteiger partial charge in [0.05, 0.1) is 6.42 Å². The summed E-state index contributed by atoms with van der Waals surface area (Å²) in [5, 5.41) is 10.0. The van der Waals surface area contributed by atoms with Gasteiger partial charge in [0.15, 0.2) is 5.82 Å². The van der Waals surface area contributed by atoms with Crippen LogP contribution < -0.4 is 5.32 Å². The third kappa shape index (κ3) is 3.52. The molecule has 2 rings (SSSR count). The highest BCUT2D eigenvalue weighted by Crippen LogP contribution is 2.13. The number of aryl methyl sites for hydroxylation is 1. The molecule has 0 saturated carbocycles. The fraction of sp³-hybridized carbons (Fsp3) is 0.545. The van der Waals surface area contributed by atoms with Crippen molar-refractivity contribution in [2.75, 3.05) is 11.9 Å². The maximum Gasteiger partial charge on any atom is 0.321 e. The minimum atomic E-state index is 0.488. The fourth-order valence-electron chi connectivity index (χ4n) is 1.31. The number of thiazole rings is 1. The predicted octanol–water partition coefficient (Wildman–Crippen LogP) is 2.49. The van der Waals surface area contributed by atoms with Crippen LogP contribution in [0.3, 0.4) is 0 Å². The van der Waals surface area contributed by atoms with Crippen LogP contribution in [0.5, 0.6) is 0 Å². The van der Waals surface area contributed by atoms with Crippen LogP contribution >= 0.6 is 11.3 Å². The van der Waals surface area contributed by atoms with E-state index in [9.17, 15) is 0 Å². The Morgan fingerprint density at radius 1 is 1.41 bits per heavy atom. The van der Waals surface area contributed by atoms with Crippen molar-refractivity contribution < 1.29 is 4.52 Å². The molecule has 0 unspecified atom stereocenters. The van der Waals surface area contributed by atoms with E-state index in [0.717, 1.165) is 17.2 Å². The van der Waals surface area contributed by atoms with Crippen molar-refractivity contribution in [1.82, 2.24) is 15.1 Å². The molecule has 0 aliphatic rings. The average molecular weight is 252 g/mol. The van der Waals surface area contributed by atoms with Crippen molar-refractivity contribution in [3.05, 3.63) is 21.9 Å². The highest BCUT2D eigenvalue weighted by molar-refractivity contribution is 7.09. The number of nitrogens with zero attached hydrogens (tertiary/aromatic N) is 3. The van der Waals surface area contributed by atoms with Crippen molar-refractivity contribution in [1.29, 1.82) is 0 Å². The fourth-order valence-corrected chi connectivity index (χ4v) is 2.08. The standard InChI is InChI=1S/C11H16N4OS/c1-7(2)5-12-11-14-9(15-16-11)4-10-13-8(3)6-17-10/h6-7H,4-5H2,1-3H3,(H,12,14,15). The highest BCUT2D eigenvalue weighted by Gasteiger charge is 2.09. The lowest BCUT2D eigenvalue weighted by Gasteiger charge is -2.02. The van der Waals surface area contributed by atoms with E-state index in [1.165, 1.54) is 0 Å². The Hall–Kier alpha value is -1.43. The van der Waals surface area contributed by atoms with Gasteiger partial charge in [-0.3, -0.25) is 0 Å². The van der Waals surface area contributed by atoms with Crippen LogP contribution in [0.4, 0.5) is 6.01 Å². The molecule has 2 heterocycles. The molecule has 0 aliphatic heterocycles. The minimum absolute atomic E-state index is 0.488. The number of anilines is 1. The number of rotatable bonds is 5. The first-order chi connectivity index (χ1) is 8.13. The van der Waals surface area contributed by atoms with Crippen LogP contribution in [0.2, 0.25) is 0 Å². The summed E-state index contributed by atoms with van der Waals surface area (Å²) in [6.07, 6.45) is 0.630. The largest absolute Gasteiger partial charge is 0.338 e. The summed E-state index contributed by atoms with van der Waals surface area (Å²) in [7, 11) is 0. The molecule has 0 bridgehead atoms. The van der Waals surface area contributed by atoms with E-state index >= 15 is 0 Å². The molecule has 5 nitrogen and oxygen atoms in total. The second kappa shape index (κ2) is 5.27. The number of aromatic nitrogens is 3. The van der Waals surface area contributed by atoms with Crippen molar-refractivity contribution in [3.8, 4) is 0 Å². The molecular formula is C11H16N4OS. The predicted molar refractivity (Wildman–Crippen MR) is 67.3 cm³/mol. The Morgan fingerprint density at radius 3 is 2.88 bits per heavy atom. The first-order valence-electron chi connectivity index (χ1n) is 5.61. The third-order valence-corrected chi connectivity index (χ3v) is 3.07. The van der Waals surface area contributed by atoms with Crippen LogP contribution in [0.15, 0.2) is 9.90 Å². The van der Waals surface area contributed by atoms with Gasteiger partial charge < -0.3 is 9.84 Å². The molecule has 0 aromatic carbocycles. The number of hydrogen-bond acceptors (Lipinski definition) is 6. The Kier molecular flexibility index (Phi) is 3.73. The lowest BCUT2D eigenvalue weighted by molar-refractivity contribution is 0.421. The quantitative estimate of drug-likeness (QED) is 0.885. The Bertz CT molecular complexity index is 477. The van der Waals surface area contributed by atoms with Crippen LogP contribution in [-0.4, -0.2) is 21.7 Å². The molecule has 2 aromatic heterocycles. The SMILES string of the molecule is Cc1csc(Cc2noc(NCC(C)C)n2)n1. The van der Waals surface area contributed by atoms with Gasteiger partial charge in [0.2, 0.25) is 0 Å². The third-order valence-electron chi connectivity index (χ3n) is 2.11. The normalized spacial score (nSPS) is 11.1. The number of hydrogen-bond donors (Lipinski definition) is 1. The molecule has 2 aromatic rings. The van der Waals surface area contributed by atoms with Crippen molar-refractivity contribution >= 4 is 17.4 Å². The van der Waals surface area contributed by atoms with Gasteiger partial charge in [0.1, 0.15) is 5.01 Å². The van der Waals surface area contributed by atoms with Gasteiger partial charge in [-0.2, -0.15) is 4.98 Å². The summed E-state index contributed by atoms with van der Waals surface area (Å²) in [5.41, 5.74) is 1.03.